The summed E-state index contributed by atoms with van der Waals surface area (Å²) in [6, 6.07) is 9.99. The number of nitrogens with one attached hydrogen (secondary N) is 2. The second kappa shape index (κ2) is 7.88. The maximum atomic E-state index is 12.0. The van der Waals surface area contributed by atoms with Crippen molar-refractivity contribution >= 4 is 17.5 Å². The van der Waals surface area contributed by atoms with E-state index in [2.05, 4.69) is 25.7 Å². The highest BCUT2D eigenvalue weighted by molar-refractivity contribution is 5.99. The van der Waals surface area contributed by atoms with Gasteiger partial charge in [-0.3, -0.25) is 9.59 Å². The lowest BCUT2D eigenvalue weighted by Gasteiger charge is -2.08. The highest BCUT2D eigenvalue weighted by Gasteiger charge is 2.09. The Labute approximate surface area is 149 Å². The van der Waals surface area contributed by atoms with E-state index in [0.717, 1.165) is 0 Å². The second-order valence-corrected chi connectivity index (χ2v) is 5.20. The number of benzene rings is 1. The molecule has 0 bridgehead atoms. The first-order chi connectivity index (χ1) is 12.7. The molecule has 0 radical (unpaired) electrons. The normalized spacial score (nSPS) is 10.2. The number of ether oxygens (including phenoxy) is 1. The molecular weight excluding hydrogens is 336 g/mol. The molecule has 3 rings (SSSR count). The van der Waals surface area contributed by atoms with Gasteiger partial charge in [-0.05, 0) is 36.4 Å². The quantitative estimate of drug-likeness (QED) is 0.686. The average molecular weight is 352 g/mol. The molecule has 2 aromatic heterocycles. The van der Waals surface area contributed by atoms with E-state index in [9.17, 15) is 9.59 Å². The van der Waals surface area contributed by atoms with Crippen molar-refractivity contribution in [1.29, 1.82) is 0 Å². The SMILES string of the molecule is COc1ccc(C(=O)NCC(=O)Nc2ccc(-n3cncn3)nc2)cc1. The molecule has 0 spiro atoms. The number of rotatable bonds is 6. The number of hydrogen-bond donors (Lipinski definition) is 2. The standard InChI is InChI=1S/C17H16N6O3/c1-26-14-5-2-12(3-6-14)17(25)20-9-16(24)22-13-4-7-15(19-8-13)23-11-18-10-21-23/h2-8,10-11H,9H2,1H3,(H,20,25)(H,22,24). The number of nitrogens with zero attached hydrogens (tertiary/aromatic N) is 4. The smallest absolute Gasteiger partial charge is 0.251 e. The summed E-state index contributed by atoms with van der Waals surface area (Å²) in [6.07, 6.45) is 4.43. The van der Waals surface area contributed by atoms with Crippen LogP contribution in [0.1, 0.15) is 10.4 Å². The molecule has 3 aromatic rings. The van der Waals surface area contributed by atoms with Gasteiger partial charge in [0, 0.05) is 5.56 Å². The summed E-state index contributed by atoms with van der Waals surface area (Å²) in [4.78, 5) is 32.0. The van der Waals surface area contributed by atoms with Crippen LogP contribution in [0, 0.1) is 0 Å². The van der Waals surface area contributed by atoms with E-state index < -0.39 is 0 Å². The van der Waals surface area contributed by atoms with Crippen LogP contribution >= 0.6 is 0 Å². The van der Waals surface area contributed by atoms with Crippen LogP contribution in [-0.2, 0) is 4.79 Å². The Hall–Kier alpha value is -3.75. The maximum absolute atomic E-state index is 12.0. The summed E-state index contributed by atoms with van der Waals surface area (Å²) in [5, 5.41) is 9.18. The van der Waals surface area contributed by atoms with E-state index in [-0.39, 0.29) is 18.4 Å². The molecule has 2 amide bonds. The van der Waals surface area contributed by atoms with Crippen LogP contribution < -0.4 is 15.4 Å². The number of carbonyl (C=O) groups excluding carboxylic acids is 2. The maximum Gasteiger partial charge on any atom is 0.251 e. The first kappa shape index (κ1) is 17.1. The monoisotopic (exact) mass is 352 g/mol. The van der Waals surface area contributed by atoms with Crippen molar-refractivity contribution in [1.82, 2.24) is 25.1 Å². The summed E-state index contributed by atoms with van der Waals surface area (Å²) in [6.45, 7) is -0.157. The molecule has 0 fully saturated rings. The molecule has 0 unspecified atom stereocenters. The lowest BCUT2D eigenvalue weighted by Crippen LogP contribution is -2.32. The molecule has 26 heavy (non-hydrogen) atoms. The van der Waals surface area contributed by atoms with Crippen LogP contribution in [0.4, 0.5) is 5.69 Å². The molecular formula is C17H16N6O3. The van der Waals surface area contributed by atoms with E-state index in [0.29, 0.717) is 22.8 Å². The minimum atomic E-state index is -0.359. The fourth-order valence-corrected chi connectivity index (χ4v) is 2.13. The van der Waals surface area contributed by atoms with Gasteiger partial charge in [0.15, 0.2) is 5.82 Å². The molecule has 0 saturated carbocycles. The largest absolute Gasteiger partial charge is 0.497 e. The molecule has 0 aliphatic carbocycles. The van der Waals surface area contributed by atoms with Gasteiger partial charge in [-0.25, -0.2) is 14.6 Å². The number of anilines is 1. The first-order valence-electron chi connectivity index (χ1n) is 7.69. The van der Waals surface area contributed by atoms with Crippen molar-refractivity contribution in [3.05, 3.63) is 60.8 Å². The van der Waals surface area contributed by atoms with Crippen LogP contribution in [0.15, 0.2) is 55.2 Å². The summed E-state index contributed by atoms with van der Waals surface area (Å²) in [7, 11) is 1.55. The third-order valence-corrected chi connectivity index (χ3v) is 3.45. The summed E-state index contributed by atoms with van der Waals surface area (Å²) >= 11 is 0. The van der Waals surface area contributed by atoms with Crippen molar-refractivity contribution < 1.29 is 14.3 Å². The zero-order valence-electron chi connectivity index (χ0n) is 13.9. The van der Waals surface area contributed by atoms with Crippen LogP contribution in [0.2, 0.25) is 0 Å². The molecule has 0 aliphatic heterocycles. The van der Waals surface area contributed by atoms with Crippen molar-refractivity contribution in [3.8, 4) is 11.6 Å². The van der Waals surface area contributed by atoms with E-state index in [1.54, 1.807) is 43.5 Å². The lowest BCUT2D eigenvalue weighted by molar-refractivity contribution is -0.115. The fraction of sp³-hybridized carbons (Fsp3) is 0.118. The zero-order chi connectivity index (χ0) is 18.4. The highest BCUT2D eigenvalue weighted by Crippen LogP contribution is 2.11. The fourth-order valence-electron chi connectivity index (χ4n) is 2.13. The van der Waals surface area contributed by atoms with Gasteiger partial charge in [-0.1, -0.05) is 0 Å². The molecule has 2 heterocycles. The lowest BCUT2D eigenvalue weighted by atomic mass is 10.2. The Morgan fingerprint density at radius 2 is 1.96 bits per heavy atom. The zero-order valence-corrected chi connectivity index (χ0v) is 13.9. The van der Waals surface area contributed by atoms with Crippen molar-refractivity contribution in [2.75, 3.05) is 19.0 Å². The average Bonchev–Trinajstić information content (AvgIpc) is 3.21. The molecule has 1 aromatic carbocycles. The van der Waals surface area contributed by atoms with E-state index in [1.165, 1.54) is 23.5 Å². The Morgan fingerprint density at radius 1 is 1.15 bits per heavy atom. The predicted octanol–water partition coefficient (Wildman–Crippen LogP) is 1.04. The topological polar surface area (TPSA) is 111 Å². The molecule has 2 N–H and O–H groups in total. The van der Waals surface area contributed by atoms with Gasteiger partial charge in [0.25, 0.3) is 5.91 Å². The third-order valence-electron chi connectivity index (χ3n) is 3.45. The number of pyridine rings is 1. The number of hydrogen-bond acceptors (Lipinski definition) is 6. The van der Waals surface area contributed by atoms with Gasteiger partial charge in [0.05, 0.1) is 25.5 Å². The molecule has 132 valence electrons. The van der Waals surface area contributed by atoms with Crippen LogP contribution in [0.25, 0.3) is 5.82 Å². The van der Waals surface area contributed by atoms with Crippen LogP contribution in [0.3, 0.4) is 0 Å². The van der Waals surface area contributed by atoms with E-state index in [4.69, 9.17) is 4.74 Å². The van der Waals surface area contributed by atoms with Crippen LogP contribution in [-0.4, -0.2) is 45.2 Å². The van der Waals surface area contributed by atoms with Crippen molar-refractivity contribution in [2.24, 2.45) is 0 Å². The number of methoxy groups -OCH3 is 1. The summed E-state index contributed by atoms with van der Waals surface area (Å²) in [5.41, 5.74) is 0.954. The second-order valence-electron chi connectivity index (χ2n) is 5.20. The van der Waals surface area contributed by atoms with E-state index >= 15 is 0 Å². The minimum absolute atomic E-state index is 0.157. The third kappa shape index (κ3) is 4.20. The van der Waals surface area contributed by atoms with Crippen LogP contribution in [0.5, 0.6) is 5.75 Å². The van der Waals surface area contributed by atoms with Crippen molar-refractivity contribution in [2.45, 2.75) is 0 Å². The van der Waals surface area contributed by atoms with Gasteiger partial charge in [0.1, 0.15) is 18.4 Å². The Balaban J connectivity index is 1.51. The van der Waals surface area contributed by atoms with Crippen molar-refractivity contribution in [3.63, 3.8) is 0 Å². The van der Waals surface area contributed by atoms with Gasteiger partial charge in [-0.15, -0.1) is 0 Å². The van der Waals surface area contributed by atoms with E-state index in [1.807, 2.05) is 0 Å². The Kier molecular flexibility index (Phi) is 5.18. The number of amides is 2. The van der Waals surface area contributed by atoms with Gasteiger partial charge in [0.2, 0.25) is 5.91 Å². The van der Waals surface area contributed by atoms with Gasteiger partial charge < -0.3 is 15.4 Å². The number of aromatic nitrogens is 4. The molecule has 0 atom stereocenters. The highest BCUT2D eigenvalue weighted by atomic mass is 16.5. The molecule has 9 nitrogen and oxygen atoms in total. The molecule has 0 saturated heterocycles. The predicted molar refractivity (Wildman–Crippen MR) is 93.1 cm³/mol. The molecule has 9 heteroatoms. The summed E-state index contributed by atoms with van der Waals surface area (Å²) in [5.74, 6) is 0.527. The Bertz CT molecular complexity index is 876. The van der Waals surface area contributed by atoms with Gasteiger partial charge in [-0.2, -0.15) is 5.10 Å². The number of carbonyl (C=O) groups is 2. The molecule has 0 aliphatic rings. The first-order valence-corrected chi connectivity index (χ1v) is 7.69. The minimum Gasteiger partial charge on any atom is -0.497 e. The van der Waals surface area contributed by atoms with Gasteiger partial charge >= 0.3 is 0 Å². The Morgan fingerprint density at radius 3 is 2.58 bits per heavy atom. The summed E-state index contributed by atoms with van der Waals surface area (Å²) < 4.78 is 6.54.